The molecule has 0 spiro atoms. The highest BCUT2D eigenvalue weighted by molar-refractivity contribution is 7.94. The average Bonchev–Trinajstić information content (AvgIpc) is 3.05. The van der Waals surface area contributed by atoms with Gasteiger partial charge in [0.1, 0.15) is 37.4 Å². The summed E-state index contributed by atoms with van der Waals surface area (Å²) in [5, 5.41) is 25.4. The highest BCUT2D eigenvalue weighted by atomic mass is 32.3. The largest absolute Gasteiger partial charge is 0.505 e. The molecule has 0 amide bonds. The summed E-state index contributed by atoms with van der Waals surface area (Å²) in [5.41, 5.74) is 2.63. The molecule has 4 aromatic carbocycles. The second-order valence-corrected chi connectivity index (χ2v) is 19.8. The lowest BCUT2D eigenvalue weighted by molar-refractivity contribution is 0.284. The molecule has 23 nitrogen and oxygen atoms in total. The molecular weight excluding hydrogens is 863 g/mol. The minimum absolute atomic E-state index is 0.303. The van der Waals surface area contributed by atoms with Crippen LogP contribution in [-0.4, -0.2) is 86.2 Å². The Balaban J connectivity index is 1.89. The fourth-order valence-corrected chi connectivity index (χ4v) is 8.77. The molecule has 0 bridgehead atoms. The van der Waals surface area contributed by atoms with E-state index in [0.717, 1.165) is 30.3 Å². The number of phenolic OH excluding ortho intramolecular Hbond substituents is 1. The summed E-state index contributed by atoms with van der Waals surface area (Å²) in [4.78, 5) is -4.94. The van der Waals surface area contributed by atoms with Gasteiger partial charge in [-0.25, -0.2) is 21.0 Å². The molecule has 0 saturated carbocycles. The third kappa shape index (κ3) is 9.90. The molecule has 0 fully saturated rings. The van der Waals surface area contributed by atoms with E-state index in [9.17, 15) is 69.3 Å². The van der Waals surface area contributed by atoms with Crippen LogP contribution in [0, 0.1) is 0 Å². The van der Waals surface area contributed by atoms with Gasteiger partial charge in [0.05, 0.1) is 27.8 Å². The standard InChI is InChI=1S/C26H23N5O18S6/c1-2-50(33,34)14-3-7-19(21(11-14)52(37,38)39)28-30-24-17-13-23(54(43,44)45)25(26(32)16(17)5-6-18(24)27)31-29-20-8-4-15(12-22(20)53(40,41)42)51(35,36)10-9-49-55(46,47)48/h2-8,11-13,32H,1,9-10,27H2,(H,37,38,39)(H,40,41,42)(H,43,44,45)(H,46,47,48). The van der Waals surface area contributed by atoms with E-state index in [4.69, 9.17) is 10.3 Å². The van der Waals surface area contributed by atoms with Crippen molar-refractivity contribution in [2.24, 2.45) is 20.5 Å². The van der Waals surface area contributed by atoms with Crippen LogP contribution < -0.4 is 5.73 Å². The van der Waals surface area contributed by atoms with Gasteiger partial charge in [0.2, 0.25) is 0 Å². The third-order valence-electron chi connectivity index (χ3n) is 6.94. The summed E-state index contributed by atoms with van der Waals surface area (Å²) in [6.45, 7) is 2.02. The van der Waals surface area contributed by atoms with Crippen molar-refractivity contribution < 1.29 is 78.0 Å². The maximum Gasteiger partial charge on any atom is 0.397 e. The number of phenols is 1. The van der Waals surface area contributed by atoms with E-state index in [1.54, 1.807) is 0 Å². The van der Waals surface area contributed by atoms with Gasteiger partial charge in [0, 0.05) is 16.2 Å². The van der Waals surface area contributed by atoms with Crippen molar-refractivity contribution in [2.45, 2.75) is 24.5 Å². The van der Waals surface area contributed by atoms with E-state index in [-0.39, 0.29) is 11.1 Å². The van der Waals surface area contributed by atoms with E-state index in [1.807, 2.05) is 0 Å². The predicted octanol–water partition coefficient (Wildman–Crippen LogP) is 3.21. The van der Waals surface area contributed by atoms with Crippen molar-refractivity contribution in [1.82, 2.24) is 0 Å². The molecule has 0 radical (unpaired) electrons. The lowest BCUT2D eigenvalue weighted by Gasteiger charge is -2.12. The van der Waals surface area contributed by atoms with Crippen LogP contribution in [0.4, 0.5) is 28.4 Å². The molecule has 0 atom stereocenters. The first-order valence-corrected chi connectivity index (χ1v) is 22.8. The Hall–Kier alpha value is -4.82. The Morgan fingerprint density at radius 1 is 0.618 bits per heavy atom. The smallest absolute Gasteiger partial charge is 0.397 e. The molecule has 4 rings (SSSR count). The second kappa shape index (κ2) is 15.0. The Morgan fingerprint density at radius 2 is 1.11 bits per heavy atom. The van der Waals surface area contributed by atoms with Crippen LogP contribution in [0.3, 0.4) is 0 Å². The van der Waals surface area contributed by atoms with Crippen molar-refractivity contribution in [3.05, 3.63) is 66.6 Å². The number of sulfone groups is 2. The first-order valence-electron chi connectivity index (χ1n) is 13.9. The molecule has 296 valence electrons. The number of fused-ring (bicyclic) bond motifs is 1. The van der Waals surface area contributed by atoms with Gasteiger partial charge in [0.25, 0.3) is 30.4 Å². The monoisotopic (exact) mass is 885 g/mol. The molecule has 0 aliphatic rings. The van der Waals surface area contributed by atoms with Crippen LogP contribution in [0.25, 0.3) is 10.8 Å². The molecule has 4 aromatic rings. The summed E-state index contributed by atoms with van der Waals surface area (Å²) in [6.07, 6.45) is 0. The summed E-state index contributed by atoms with van der Waals surface area (Å²) < 4.78 is 187. The minimum Gasteiger partial charge on any atom is -0.505 e. The molecule has 0 aliphatic carbocycles. The Morgan fingerprint density at radius 3 is 1.60 bits per heavy atom. The summed E-state index contributed by atoms with van der Waals surface area (Å²) in [7, 11) is -29.7. The normalized spacial score (nSPS) is 13.5. The number of benzene rings is 4. The van der Waals surface area contributed by atoms with Gasteiger partial charge in [-0.05, 0) is 54.6 Å². The van der Waals surface area contributed by atoms with E-state index in [1.165, 1.54) is 0 Å². The van der Waals surface area contributed by atoms with E-state index >= 15 is 0 Å². The SMILES string of the molecule is C=CS(=O)(=O)c1ccc(N=Nc2c(N)ccc3c(O)c(N=Nc4ccc(S(=O)(=O)CCOS(=O)(=O)O)cc4S(=O)(=O)O)c(S(=O)(=O)O)cc23)c(S(=O)(=O)O)c1. The Labute approximate surface area is 311 Å². The first-order chi connectivity index (χ1) is 25.1. The van der Waals surface area contributed by atoms with Gasteiger partial charge in [-0.1, -0.05) is 6.58 Å². The van der Waals surface area contributed by atoms with Crippen molar-refractivity contribution in [1.29, 1.82) is 0 Å². The molecule has 0 unspecified atom stereocenters. The summed E-state index contributed by atoms with van der Waals surface area (Å²) in [5.74, 6) is -2.20. The molecule has 55 heavy (non-hydrogen) atoms. The fourth-order valence-electron chi connectivity index (χ4n) is 4.43. The number of hydrogen-bond acceptors (Lipinski definition) is 19. The van der Waals surface area contributed by atoms with E-state index in [0.29, 0.717) is 29.7 Å². The molecule has 0 aliphatic heterocycles. The molecule has 7 N–H and O–H groups in total. The zero-order valence-corrected chi connectivity index (χ0v) is 31.7. The highest BCUT2D eigenvalue weighted by Gasteiger charge is 2.27. The Bertz CT molecular complexity index is 3020. The Kier molecular flexibility index (Phi) is 11.7. The van der Waals surface area contributed by atoms with Crippen LogP contribution in [0.1, 0.15) is 0 Å². The highest BCUT2D eigenvalue weighted by Crippen LogP contribution is 2.46. The van der Waals surface area contributed by atoms with Crippen molar-refractivity contribution in [3.8, 4) is 5.75 Å². The van der Waals surface area contributed by atoms with Crippen LogP contribution >= 0.6 is 0 Å². The first kappa shape index (κ1) is 42.9. The van der Waals surface area contributed by atoms with Crippen molar-refractivity contribution in [3.63, 3.8) is 0 Å². The quantitative estimate of drug-likeness (QED) is 0.0601. The molecule has 0 aromatic heterocycles. The van der Waals surface area contributed by atoms with Crippen LogP contribution in [-0.2, 0) is 64.6 Å². The number of hydrogen-bond donors (Lipinski definition) is 6. The number of nitrogens with zero attached hydrogens (tertiary/aromatic N) is 4. The fraction of sp³-hybridized carbons (Fsp3) is 0.0769. The van der Waals surface area contributed by atoms with Gasteiger partial charge >= 0.3 is 10.4 Å². The zero-order chi connectivity index (χ0) is 41.5. The van der Waals surface area contributed by atoms with E-state index < -0.39 is 131 Å². The van der Waals surface area contributed by atoms with E-state index in [2.05, 4.69) is 31.2 Å². The van der Waals surface area contributed by atoms with Crippen molar-refractivity contribution in [2.75, 3.05) is 18.1 Å². The maximum atomic E-state index is 12.6. The topological polar surface area (TPSA) is 391 Å². The van der Waals surface area contributed by atoms with Crippen LogP contribution in [0.15, 0.2) is 112 Å². The van der Waals surface area contributed by atoms with Gasteiger partial charge in [-0.2, -0.15) is 33.7 Å². The predicted molar refractivity (Wildman–Crippen MR) is 188 cm³/mol. The van der Waals surface area contributed by atoms with Crippen LogP contribution in [0.5, 0.6) is 5.75 Å². The number of azo groups is 2. The second-order valence-electron chi connectivity index (χ2n) is 10.5. The molecule has 29 heteroatoms. The van der Waals surface area contributed by atoms with Gasteiger partial charge in [0.15, 0.2) is 25.4 Å². The maximum absolute atomic E-state index is 12.6. The number of rotatable bonds is 14. The lowest BCUT2D eigenvalue weighted by atomic mass is 10.1. The van der Waals surface area contributed by atoms with Gasteiger partial charge in [-0.3, -0.25) is 18.2 Å². The molecule has 0 heterocycles. The lowest BCUT2D eigenvalue weighted by Crippen LogP contribution is -2.16. The van der Waals surface area contributed by atoms with Gasteiger partial charge < -0.3 is 10.8 Å². The van der Waals surface area contributed by atoms with Gasteiger partial charge in [-0.15, -0.1) is 20.5 Å². The number of nitrogens with two attached hydrogens (primary N) is 1. The van der Waals surface area contributed by atoms with Crippen LogP contribution in [0.2, 0.25) is 0 Å². The average molecular weight is 886 g/mol. The summed E-state index contributed by atoms with van der Waals surface area (Å²) in [6, 6.07) is 6.85. The molecular formula is C26H23N5O18S6. The summed E-state index contributed by atoms with van der Waals surface area (Å²) >= 11 is 0. The number of nitrogen functional groups attached to an aromatic ring is 1. The van der Waals surface area contributed by atoms with Crippen molar-refractivity contribution >= 4 is 99.6 Å². The number of aromatic hydroxyl groups is 1. The molecule has 0 saturated heterocycles. The number of anilines is 1. The minimum atomic E-state index is -5.40. The zero-order valence-electron chi connectivity index (χ0n) is 26.8. The third-order valence-corrected chi connectivity index (χ3v) is 13.1.